The van der Waals surface area contributed by atoms with Crippen molar-refractivity contribution in [2.75, 3.05) is 6.61 Å². The molecule has 1 aromatic carbocycles. The van der Waals surface area contributed by atoms with Crippen molar-refractivity contribution in [2.24, 2.45) is 11.7 Å². The first-order chi connectivity index (χ1) is 16.3. The monoisotopic (exact) mass is 507 g/mol. The molecule has 0 radical (unpaired) electrons. The molecule has 0 spiro atoms. The standard InChI is InChI=1S/C28H45NO7/c1-25(2,3)34-22(31)21(17-20-14-12-19(13-15-20)11-10-16-30)18-28(29,23(32)35-26(4,5)6)24(33)36-27(7,8)9/h12-15,21,30H,10-11,16-18,29H2,1-9H3. The maximum atomic E-state index is 13.3. The molecule has 0 fully saturated rings. The first kappa shape index (κ1) is 31.6. The van der Waals surface area contributed by atoms with Crippen LogP contribution in [-0.4, -0.2) is 52.0 Å². The number of nitrogens with two attached hydrogens (primary N) is 1. The number of hydrogen-bond acceptors (Lipinski definition) is 8. The van der Waals surface area contributed by atoms with Crippen molar-refractivity contribution in [3.05, 3.63) is 35.4 Å². The molecule has 204 valence electrons. The van der Waals surface area contributed by atoms with E-state index in [2.05, 4.69) is 0 Å². The summed E-state index contributed by atoms with van der Waals surface area (Å²) in [5.74, 6) is -3.42. The molecule has 1 rings (SSSR count). The zero-order chi connectivity index (χ0) is 27.9. The summed E-state index contributed by atoms with van der Waals surface area (Å²) in [4.78, 5) is 39.7. The fourth-order valence-corrected chi connectivity index (χ4v) is 3.41. The number of hydrogen-bond donors (Lipinski definition) is 2. The largest absolute Gasteiger partial charge is 0.460 e. The molecule has 0 aromatic heterocycles. The molecule has 0 heterocycles. The number of aliphatic hydroxyl groups is 1. The van der Waals surface area contributed by atoms with Gasteiger partial charge in [-0.1, -0.05) is 24.3 Å². The number of esters is 3. The van der Waals surface area contributed by atoms with Gasteiger partial charge in [0, 0.05) is 13.0 Å². The number of aliphatic hydroxyl groups excluding tert-OH is 1. The lowest BCUT2D eigenvalue weighted by Crippen LogP contribution is -2.60. The van der Waals surface area contributed by atoms with Gasteiger partial charge < -0.3 is 25.1 Å². The van der Waals surface area contributed by atoms with Gasteiger partial charge in [-0.25, -0.2) is 9.59 Å². The van der Waals surface area contributed by atoms with Crippen LogP contribution in [0.25, 0.3) is 0 Å². The Morgan fingerprint density at radius 1 is 0.778 bits per heavy atom. The fraction of sp³-hybridized carbons (Fsp3) is 0.679. The van der Waals surface area contributed by atoms with Crippen molar-refractivity contribution in [3.8, 4) is 0 Å². The van der Waals surface area contributed by atoms with Crippen molar-refractivity contribution in [2.45, 2.75) is 110 Å². The minimum atomic E-state index is -2.22. The third-order valence-electron chi connectivity index (χ3n) is 4.96. The highest BCUT2D eigenvalue weighted by atomic mass is 16.6. The summed E-state index contributed by atoms with van der Waals surface area (Å²) in [6.07, 6.45) is 1.23. The molecule has 0 aliphatic carbocycles. The molecular weight excluding hydrogens is 462 g/mol. The van der Waals surface area contributed by atoms with Gasteiger partial charge in [-0.05, 0) is 92.7 Å². The average Bonchev–Trinajstić information content (AvgIpc) is 2.68. The molecule has 0 aliphatic heterocycles. The van der Waals surface area contributed by atoms with E-state index in [-0.39, 0.29) is 19.4 Å². The number of carbonyl (C=O) groups is 3. The van der Waals surface area contributed by atoms with Crippen LogP contribution in [0.2, 0.25) is 0 Å². The Hall–Kier alpha value is -2.45. The molecule has 0 saturated carbocycles. The predicted octanol–water partition coefficient (Wildman–Crippen LogP) is 3.88. The van der Waals surface area contributed by atoms with E-state index in [0.717, 1.165) is 17.5 Å². The fourth-order valence-electron chi connectivity index (χ4n) is 3.41. The van der Waals surface area contributed by atoms with Gasteiger partial charge in [-0.15, -0.1) is 0 Å². The molecule has 1 aromatic rings. The lowest BCUT2D eigenvalue weighted by atomic mass is 9.84. The molecule has 0 aliphatic rings. The molecule has 0 amide bonds. The van der Waals surface area contributed by atoms with Crippen LogP contribution in [0.15, 0.2) is 24.3 Å². The van der Waals surface area contributed by atoms with Crippen LogP contribution in [-0.2, 0) is 41.4 Å². The second-order valence-electron chi connectivity index (χ2n) is 12.3. The van der Waals surface area contributed by atoms with Crippen LogP contribution in [0.5, 0.6) is 0 Å². The zero-order valence-electron chi connectivity index (χ0n) is 23.4. The Morgan fingerprint density at radius 3 is 1.58 bits per heavy atom. The Kier molecular flexibility index (Phi) is 10.7. The van der Waals surface area contributed by atoms with Gasteiger partial charge in [0.15, 0.2) is 0 Å². The summed E-state index contributed by atoms with van der Waals surface area (Å²) in [6.45, 7) is 15.4. The summed E-state index contributed by atoms with van der Waals surface area (Å²) < 4.78 is 16.6. The van der Waals surface area contributed by atoms with E-state index in [1.807, 2.05) is 24.3 Å². The van der Waals surface area contributed by atoms with Gasteiger partial charge in [0.1, 0.15) is 16.8 Å². The minimum absolute atomic E-state index is 0.108. The number of benzene rings is 1. The smallest absolute Gasteiger partial charge is 0.338 e. The van der Waals surface area contributed by atoms with Crippen LogP contribution in [0.4, 0.5) is 0 Å². The predicted molar refractivity (Wildman–Crippen MR) is 138 cm³/mol. The van der Waals surface area contributed by atoms with Crippen molar-refractivity contribution < 1.29 is 33.7 Å². The lowest BCUT2D eigenvalue weighted by Gasteiger charge is -2.34. The lowest BCUT2D eigenvalue weighted by molar-refractivity contribution is -0.179. The van der Waals surface area contributed by atoms with Gasteiger partial charge in [-0.3, -0.25) is 4.79 Å². The molecule has 8 heteroatoms. The molecule has 1 unspecified atom stereocenters. The number of rotatable bonds is 10. The Morgan fingerprint density at radius 2 is 1.19 bits per heavy atom. The first-order valence-electron chi connectivity index (χ1n) is 12.4. The van der Waals surface area contributed by atoms with Crippen LogP contribution >= 0.6 is 0 Å². The van der Waals surface area contributed by atoms with E-state index in [9.17, 15) is 14.4 Å². The Bertz CT molecular complexity index is 858. The van der Waals surface area contributed by atoms with E-state index in [1.54, 1.807) is 62.3 Å². The molecule has 8 nitrogen and oxygen atoms in total. The van der Waals surface area contributed by atoms with E-state index in [0.29, 0.717) is 6.42 Å². The number of ether oxygens (including phenoxy) is 3. The zero-order valence-corrected chi connectivity index (χ0v) is 23.4. The second-order valence-corrected chi connectivity index (χ2v) is 12.3. The summed E-state index contributed by atoms with van der Waals surface area (Å²) in [5, 5.41) is 9.06. The summed E-state index contributed by atoms with van der Waals surface area (Å²) in [5.41, 5.74) is 3.51. The number of carbonyl (C=O) groups excluding carboxylic acids is 3. The van der Waals surface area contributed by atoms with Crippen LogP contribution < -0.4 is 5.73 Å². The van der Waals surface area contributed by atoms with Gasteiger partial charge in [0.2, 0.25) is 5.54 Å². The van der Waals surface area contributed by atoms with E-state index >= 15 is 0 Å². The summed E-state index contributed by atoms with van der Waals surface area (Å²) in [6, 6.07) is 7.61. The normalized spacial score (nSPS) is 13.6. The average molecular weight is 508 g/mol. The van der Waals surface area contributed by atoms with Gasteiger partial charge in [0.25, 0.3) is 0 Å². The van der Waals surface area contributed by atoms with Crippen LogP contribution in [0.3, 0.4) is 0 Å². The molecule has 0 saturated heterocycles. The van der Waals surface area contributed by atoms with Crippen molar-refractivity contribution in [3.63, 3.8) is 0 Å². The minimum Gasteiger partial charge on any atom is -0.460 e. The topological polar surface area (TPSA) is 125 Å². The number of aryl methyl sites for hydroxylation is 1. The molecule has 0 bridgehead atoms. The van der Waals surface area contributed by atoms with Gasteiger partial charge in [0.05, 0.1) is 5.92 Å². The Balaban J connectivity index is 3.39. The SMILES string of the molecule is CC(C)(C)OC(=O)C(Cc1ccc(CCCO)cc1)CC(N)(C(=O)OC(C)(C)C)C(=O)OC(C)(C)C. The molecule has 3 N–H and O–H groups in total. The third-order valence-corrected chi connectivity index (χ3v) is 4.96. The van der Waals surface area contributed by atoms with E-state index in [4.69, 9.17) is 25.1 Å². The highest BCUT2D eigenvalue weighted by Gasteiger charge is 2.50. The van der Waals surface area contributed by atoms with Gasteiger partial charge in [-0.2, -0.15) is 0 Å². The quantitative estimate of drug-likeness (QED) is 0.278. The van der Waals surface area contributed by atoms with Crippen LogP contribution in [0.1, 0.15) is 86.3 Å². The van der Waals surface area contributed by atoms with E-state index in [1.165, 1.54) is 0 Å². The summed E-state index contributed by atoms with van der Waals surface area (Å²) in [7, 11) is 0. The maximum Gasteiger partial charge on any atom is 0.338 e. The molecule has 1 atom stereocenters. The summed E-state index contributed by atoms with van der Waals surface area (Å²) >= 11 is 0. The second kappa shape index (κ2) is 12.2. The van der Waals surface area contributed by atoms with Gasteiger partial charge >= 0.3 is 17.9 Å². The van der Waals surface area contributed by atoms with E-state index < -0.39 is 46.2 Å². The first-order valence-corrected chi connectivity index (χ1v) is 12.4. The maximum absolute atomic E-state index is 13.3. The van der Waals surface area contributed by atoms with Crippen molar-refractivity contribution in [1.29, 1.82) is 0 Å². The third kappa shape index (κ3) is 11.1. The van der Waals surface area contributed by atoms with Crippen molar-refractivity contribution in [1.82, 2.24) is 0 Å². The molecular formula is C28H45NO7. The Labute approximate surface area is 215 Å². The van der Waals surface area contributed by atoms with Crippen LogP contribution in [0, 0.1) is 5.92 Å². The highest BCUT2D eigenvalue weighted by molar-refractivity contribution is 6.05. The molecule has 36 heavy (non-hydrogen) atoms. The highest BCUT2D eigenvalue weighted by Crippen LogP contribution is 2.28. The van der Waals surface area contributed by atoms with Crippen molar-refractivity contribution >= 4 is 17.9 Å².